The van der Waals surface area contributed by atoms with Gasteiger partial charge in [-0.25, -0.2) is 4.90 Å². The number of nitrogens with zero attached hydrogens (tertiary/aromatic N) is 3. The van der Waals surface area contributed by atoms with E-state index in [4.69, 9.17) is 0 Å². The first-order valence-electron chi connectivity index (χ1n) is 12.1. The number of rotatable bonds is 15. The third-order valence-electron chi connectivity index (χ3n) is 5.94. The molecule has 2 aromatic rings. The van der Waals surface area contributed by atoms with E-state index in [-0.39, 0.29) is 17.7 Å². The van der Waals surface area contributed by atoms with Crippen molar-refractivity contribution in [1.82, 2.24) is 10.2 Å². The second-order valence-electron chi connectivity index (χ2n) is 8.56. The molecule has 2 heterocycles. The highest BCUT2D eigenvalue weighted by Crippen LogP contribution is 2.35. The molecule has 0 N–H and O–H groups in total. The summed E-state index contributed by atoms with van der Waals surface area (Å²) in [5, 5.41) is 8.73. The molecular weight excluding hydrogens is 438 g/mol. The second kappa shape index (κ2) is 13.7. The number of anilines is 1. The molecule has 0 spiro atoms. The van der Waals surface area contributed by atoms with Crippen LogP contribution in [0.3, 0.4) is 0 Å². The number of amides is 2. The van der Waals surface area contributed by atoms with Gasteiger partial charge in [-0.2, -0.15) is 0 Å². The predicted octanol–water partition coefficient (Wildman–Crippen LogP) is 7.02. The van der Waals surface area contributed by atoms with Crippen LogP contribution in [0.2, 0.25) is 0 Å². The average Bonchev–Trinajstić information content (AvgIpc) is 3.37. The van der Waals surface area contributed by atoms with Gasteiger partial charge >= 0.3 is 0 Å². The summed E-state index contributed by atoms with van der Waals surface area (Å²) in [6, 6.07) is 10.2. The van der Waals surface area contributed by atoms with E-state index in [0.29, 0.717) is 11.6 Å². The van der Waals surface area contributed by atoms with Crippen LogP contribution in [0, 0.1) is 5.92 Å². The average molecular weight is 474 g/mol. The zero-order valence-electron chi connectivity index (χ0n) is 19.1. The van der Waals surface area contributed by atoms with Crippen LogP contribution < -0.4 is 4.90 Å². The molecule has 5 nitrogen and oxygen atoms in total. The highest BCUT2D eigenvalue weighted by Gasteiger charge is 2.40. The molecule has 1 aliphatic rings. The maximum Gasteiger partial charge on any atom is 0.239 e. The zero-order chi connectivity index (χ0) is 22.6. The molecule has 1 saturated heterocycles. The fraction of sp³-hybridized carbons (Fsp3) is 0.600. The lowest BCUT2D eigenvalue weighted by Crippen LogP contribution is -2.30. The van der Waals surface area contributed by atoms with E-state index in [0.717, 1.165) is 29.4 Å². The number of unbranched alkanes of at least 4 members (excludes halogenated alkanes) is 9. The van der Waals surface area contributed by atoms with Crippen LogP contribution in [0.25, 0.3) is 0 Å². The third-order valence-corrected chi connectivity index (χ3v) is 8.05. The molecule has 0 radical (unpaired) electrons. The number of imide groups is 1. The second-order valence-corrected chi connectivity index (χ2v) is 10.7. The lowest BCUT2D eigenvalue weighted by molar-refractivity contribution is -0.122. The van der Waals surface area contributed by atoms with Crippen LogP contribution in [-0.2, 0) is 15.3 Å². The molecule has 0 bridgehead atoms. The Balaban J connectivity index is 1.36. The number of hydrogen-bond donors (Lipinski definition) is 0. The van der Waals surface area contributed by atoms with E-state index in [9.17, 15) is 9.59 Å². The first-order valence-corrected chi connectivity index (χ1v) is 13.9. The number of thioether (sulfide) groups is 1. The normalized spacial score (nSPS) is 16.3. The number of aromatic nitrogens is 2. The fourth-order valence-corrected chi connectivity index (χ4v) is 5.89. The van der Waals surface area contributed by atoms with Crippen molar-refractivity contribution in [2.45, 2.75) is 94.1 Å². The summed E-state index contributed by atoms with van der Waals surface area (Å²) in [5.74, 6) is 0.365. The molecule has 1 aliphatic heterocycles. The van der Waals surface area contributed by atoms with E-state index in [1.165, 1.54) is 73.2 Å². The zero-order valence-corrected chi connectivity index (χ0v) is 20.8. The molecular formula is C25H35N3O2S2. The van der Waals surface area contributed by atoms with Crippen molar-refractivity contribution in [1.29, 1.82) is 0 Å². The summed E-state index contributed by atoms with van der Waals surface area (Å²) >= 11 is 2.91. The van der Waals surface area contributed by atoms with Gasteiger partial charge in [0, 0.05) is 18.1 Å². The molecule has 0 saturated carbocycles. The van der Waals surface area contributed by atoms with Crippen LogP contribution in [0.4, 0.5) is 5.13 Å². The monoisotopic (exact) mass is 473 g/mol. The summed E-state index contributed by atoms with van der Waals surface area (Å²) in [6.45, 7) is 2.25. The van der Waals surface area contributed by atoms with E-state index in [2.05, 4.69) is 29.3 Å². The highest BCUT2D eigenvalue weighted by atomic mass is 32.2. The van der Waals surface area contributed by atoms with Gasteiger partial charge in [-0.15, -0.1) is 10.2 Å². The quantitative estimate of drug-likeness (QED) is 0.120. The van der Waals surface area contributed by atoms with Crippen LogP contribution in [0.15, 0.2) is 34.7 Å². The number of carbonyl (C=O) groups is 2. The highest BCUT2D eigenvalue weighted by molar-refractivity contribution is 8.00. The van der Waals surface area contributed by atoms with Crippen LogP contribution in [0.1, 0.15) is 89.5 Å². The van der Waals surface area contributed by atoms with Crippen molar-refractivity contribution < 1.29 is 9.59 Å². The smallest absolute Gasteiger partial charge is 0.239 e. The summed E-state index contributed by atoms with van der Waals surface area (Å²) in [6.07, 6.45) is 13.8. The maximum absolute atomic E-state index is 12.8. The lowest BCUT2D eigenvalue weighted by Gasteiger charge is -2.10. The number of benzene rings is 1. The van der Waals surface area contributed by atoms with Gasteiger partial charge in [0.2, 0.25) is 16.9 Å². The van der Waals surface area contributed by atoms with Gasteiger partial charge in [-0.3, -0.25) is 9.59 Å². The van der Waals surface area contributed by atoms with Gasteiger partial charge in [0.05, 0.1) is 0 Å². The summed E-state index contributed by atoms with van der Waals surface area (Å²) in [5.41, 5.74) is 1.21. The molecule has 3 rings (SSSR count). The molecule has 7 heteroatoms. The van der Waals surface area contributed by atoms with Crippen molar-refractivity contribution in [2.24, 2.45) is 5.92 Å². The number of hydrogen-bond acceptors (Lipinski definition) is 6. The summed E-state index contributed by atoms with van der Waals surface area (Å²) in [4.78, 5) is 26.6. The summed E-state index contributed by atoms with van der Waals surface area (Å²) < 4.78 is 0.780. The first-order chi connectivity index (χ1) is 15.7. The minimum Gasteiger partial charge on any atom is -0.274 e. The molecule has 1 aromatic heterocycles. The third kappa shape index (κ3) is 7.69. The van der Waals surface area contributed by atoms with Crippen molar-refractivity contribution in [3.05, 3.63) is 35.9 Å². The van der Waals surface area contributed by atoms with Crippen molar-refractivity contribution in [2.75, 3.05) is 4.90 Å². The van der Waals surface area contributed by atoms with E-state index >= 15 is 0 Å². The molecule has 174 valence electrons. The molecule has 32 heavy (non-hydrogen) atoms. The van der Waals surface area contributed by atoms with Gasteiger partial charge in [0.25, 0.3) is 0 Å². The minimum atomic E-state index is -0.194. The molecule has 1 unspecified atom stereocenters. The van der Waals surface area contributed by atoms with Gasteiger partial charge in [0.1, 0.15) is 0 Å². The topological polar surface area (TPSA) is 63.2 Å². The van der Waals surface area contributed by atoms with Gasteiger partial charge in [0.15, 0.2) is 4.34 Å². The largest absolute Gasteiger partial charge is 0.274 e. The molecule has 2 amide bonds. The lowest BCUT2D eigenvalue weighted by atomic mass is 9.98. The Hall–Kier alpha value is -1.73. The Labute approximate surface area is 200 Å². The molecule has 1 atom stereocenters. The van der Waals surface area contributed by atoms with Crippen molar-refractivity contribution >= 4 is 40.0 Å². The number of carbonyl (C=O) groups excluding carboxylic acids is 2. The SMILES string of the molecule is CCCCCCCCCCCCC1CC(=O)N(c2nnc(SCc3ccccc3)s2)C1=O. The van der Waals surface area contributed by atoms with E-state index < -0.39 is 0 Å². The van der Waals surface area contributed by atoms with Crippen molar-refractivity contribution in [3.8, 4) is 0 Å². The van der Waals surface area contributed by atoms with Gasteiger partial charge in [-0.1, -0.05) is 125 Å². The molecule has 1 aromatic carbocycles. The maximum atomic E-state index is 12.8. The van der Waals surface area contributed by atoms with E-state index in [1.54, 1.807) is 11.8 Å². The minimum absolute atomic E-state index is 0.0957. The van der Waals surface area contributed by atoms with Crippen molar-refractivity contribution in [3.63, 3.8) is 0 Å². The standard InChI is InChI=1S/C25H35N3O2S2/c1-2-3-4-5-6-7-8-9-10-14-17-21-18-22(29)28(23(21)30)24-26-27-25(32-24)31-19-20-15-12-11-13-16-20/h11-13,15-16,21H,2-10,14,17-19H2,1H3. The Bertz CT molecular complexity index is 841. The summed E-state index contributed by atoms with van der Waals surface area (Å²) in [7, 11) is 0. The first kappa shape index (κ1) is 24.9. The molecule has 0 aliphatic carbocycles. The van der Waals surface area contributed by atoms with Crippen LogP contribution in [0.5, 0.6) is 0 Å². The van der Waals surface area contributed by atoms with Crippen LogP contribution >= 0.6 is 23.1 Å². The fourth-order valence-electron chi connectivity index (χ4n) is 4.07. The Morgan fingerprint density at radius 3 is 2.28 bits per heavy atom. The van der Waals surface area contributed by atoms with E-state index in [1.807, 2.05) is 18.2 Å². The Morgan fingerprint density at radius 2 is 1.59 bits per heavy atom. The predicted molar refractivity (Wildman–Crippen MR) is 133 cm³/mol. The van der Waals surface area contributed by atoms with Crippen LogP contribution in [-0.4, -0.2) is 22.0 Å². The molecule has 1 fully saturated rings. The van der Waals surface area contributed by atoms with Gasteiger partial charge in [-0.05, 0) is 12.0 Å². The van der Waals surface area contributed by atoms with Gasteiger partial charge < -0.3 is 0 Å². The Morgan fingerprint density at radius 1 is 0.938 bits per heavy atom. The Kier molecular flexibility index (Phi) is 10.7.